The van der Waals surface area contributed by atoms with Gasteiger partial charge in [0, 0.05) is 17.5 Å². The van der Waals surface area contributed by atoms with Crippen LogP contribution in [0.15, 0.2) is 18.2 Å². The summed E-state index contributed by atoms with van der Waals surface area (Å²) in [6.07, 6.45) is -0.0143. The summed E-state index contributed by atoms with van der Waals surface area (Å²) < 4.78 is 5.75. The Morgan fingerprint density at radius 2 is 2.19 bits per heavy atom. The standard InChI is InChI=1S/C13H16O3/c1-8(14)9-4-5-12-10(6-9)11(15)7-13(2,3)16-12/h4-6,11,15H,7H2,1-3H3/t11-/m0/s1. The van der Waals surface area contributed by atoms with E-state index in [2.05, 4.69) is 0 Å². The topological polar surface area (TPSA) is 46.5 Å². The quantitative estimate of drug-likeness (QED) is 0.739. The summed E-state index contributed by atoms with van der Waals surface area (Å²) in [5, 5.41) is 10.0. The highest BCUT2D eigenvalue weighted by atomic mass is 16.5. The highest BCUT2D eigenvalue weighted by Crippen LogP contribution is 2.39. The third-order valence-electron chi connectivity index (χ3n) is 2.85. The van der Waals surface area contributed by atoms with Crippen molar-refractivity contribution >= 4 is 5.78 Å². The molecule has 3 heteroatoms. The van der Waals surface area contributed by atoms with E-state index in [4.69, 9.17) is 4.74 Å². The third-order valence-corrected chi connectivity index (χ3v) is 2.85. The Kier molecular flexibility index (Phi) is 2.50. The molecular weight excluding hydrogens is 204 g/mol. The summed E-state index contributed by atoms with van der Waals surface area (Å²) in [6.45, 7) is 5.40. The number of ether oxygens (including phenoxy) is 1. The molecule has 1 heterocycles. The first-order chi connectivity index (χ1) is 7.39. The van der Waals surface area contributed by atoms with Gasteiger partial charge in [0.2, 0.25) is 0 Å². The second-order valence-electron chi connectivity index (χ2n) is 4.89. The smallest absolute Gasteiger partial charge is 0.159 e. The van der Waals surface area contributed by atoms with E-state index < -0.39 is 6.10 Å². The van der Waals surface area contributed by atoms with Crippen LogP contribution < -0.4 is 4.74 Å². The van der Waals surface area contributed by atoms with Crippen LogP contribution in [0.1, 0.15) is 49.2 Å². The highest BCUT2D eigenvalue weighted by Gasteiger charge is 2.32. The van der Waals surface area contributed by atoms with Gasteiger partial charge < -0.3 is 9.84 Å². The number of carbonyl (C=O) groups excluding carboxylic acids is 1. The number of hydrogen-bond donors (Lipinski definition) is 1. The molecule has 0 bridgehead atoms. The minimum Gasteiger partial charge on any atom is -0.487 e. The molecule has 0 saturated heterocycles. The molecule has 3 nitrogen and oxygen atoms in total. The molecule has 1 aliphatic rings. The van der Waals surface area contributed by atoms with Gasteiger partial charge >= 0.3 is 0 Å². The highest BCUT2D eigenvalue weighted by molar-refractivity contribution is 5.94. The van der Waals surface area contributed by atoms with Crippen molar-refractivity contribution in [2.45, 2.75) is 38.9 Å². The molecule has 0 spiro atoms. The van der Waals surface area contributed by atoms with Crippen LogP contribution in [-0.2, 0) is 0 Å². The molecule has 1 aliphatic heterocycles. The predicted octanol–water partition coefficient (Wildman–Crippen LogP) is 2.48. The lowest BCUT2D eigenvalue weighted by molar-refractivity contribution is 0.0115. The monoisotopic (exact) mass is 220 g/mol. The summed E-state index contributed by atoms with van der Waals surface area (Å²) in [4.78, 5) is 11.2. The van der Waals surface area contributed by atoms with Crippen molar-refractivity contribution in [1.82, 2.24) is 0 Å². The lowest BCUT2D eigenvalue weighted by Crippen LogP contribution is -2.34. The number of aliphatic hydroxyl groups excluding tert-OH is 1. The van der Waals surface area contributed by atoms with E-state index in [1.165, 1.54) is 6.92 Å². The van der Waals surface area contributed by atoms with E-state index in [1.807, 2.05) is 13.8 Å². The lowest BCUT2D eigenvalue weighted by Gasteiger charge is -2.35. The Bertz CT molecular complexity index is 435. The molecule has 0 unspecified atom stereocenters. The zero-order chi connectivity index (χ0) is 11.9. The normalized spacial score (nSPS) is 22.1. The van der Waals surface area contributed by atoms with Gasteiger partial charge in [-0.1, -0.05) is 0 Å². The molecule has 1 aromatic rings. The molecule has 2 rings (SSSR count). The number of hydrogen-bond acceptors (Lipinski definition) is 3. The number of fused-ring (bicyclic) bond motifs is 1. The van der Waals surface area contributed by atoms with Crippen LogP contribution in [0.5, 0.6) is 5.75 Å². The first-order valence-corrected chi connectivity index (χ1v) is 5.41. The molecule has 1 N–H and O–H groups in total. The molecular formula is C13H16O3. The van der Waals surface area contributed by atoms with Crippen LogP contribution in [-0.4, -0.2) is 16.5 Å². The maximum atomic E-state index is 11.2. The molecule has 86 valence electrons. The largest absolute Gasteiger partial charge is 0.487 e. The minimum atomic E-state index is -0.557. The summed E-state index contributed by atoms with van der Waals surface area (Å²) >= 11 is 0. The third kappa shape index (κ3) is 1.95. The molecule has 16 heavy (non-hydrogen) atoms. The fourth-order valence-corrected chi connectivity index (χ4v) is 2.04. The Labute approximate surface area is 95.0 Å². The fourth-order valence-electron chi connectivity index (χ4n) is 2.04. The minimum absolute atomic E-state index is 0.000154. The van der Waals surface area contributed by atoms with Crippen molar-refractivity contribution in [2.75, 3.05) is 0 Å². The Balaban J connectivity index is 2.45. The molecule has 0 amide bonds. The average molecular weight is 220 g/mol. The van der Waals surface area contributed by atoms with Crippen LogP contribution >= 0.6 is 0 Å². The van der Waals surface area contributed by atoms with E-state index in [9.17, 15) is 9.90 Å². The van der Waals surface area contributed by atoms with E-state index >= 15 is 0 Å². The van der Waals surface area contributed by atoms with Crippen LogP contribution in [0.4, 0.5) is 0 Å². The zero-order valence-electron chi connectivity index (χ0n) is 9.78. The summed E-state index contributed by atoms with van der Waals surface area (Å²) in [5.41, 5.74) is 0.970. The lowest BCUT2D eigenvalue weighted by atomic mass is 9.90. The number of ketones is 1. The van der Waals surface area contributed by atoms with Gasteiger partial charge in [-0.25, -0.2) is 0 Å². The summed E-state index contributed by atoms with van der Waals surface area (Å²) in [5.74, 6) is 0.675. The summed E-state index contributed by atoms with van der Waals surface area (Å²) in [7, 11) is 0. The van der Waals surface area contributed by atoms with E-state index in [0.717, 1.165) is 0 Å². The Hall–Kier alpha value is -1.35. The number of benzene rings is 1. The van der Waals surface area contributed by atoms with Crippen molar-refractivity contribution < 1.29 is 14.6 Å². The van der Waals surface area contributed by atoms with E-state index in [-0.39, 0.29) is 11.4 Å². The van der Waals surface area contributed by atoms with E-state index in [1.54, 1.807) is 18.2 Å². The van der Waals surface area contributed by atoms with Crippen LogP contribution in [0.3, 0.4) is 0 Å². The molecule has 1 aromatic carbocycles. The first-order valence-electron chi connectivity index (χ1n) is 5.41. The number of Topliss-reactive ketones (excluding diaryl/α,β-unsaturated/α-hetero) is 1. The second kappa shape index (κ2) is 3.59. The van der Waals surface area contributed by atoms with E-state index in [0.29, 0.717) is 23.3 Å². The van der Waals surface area contributed by atoms with Crippen LogP contribution in [0, 0.1) is 0 Å². The number of carbonyl (C=O) groups is 1. The van der Waals surface area contributed by atoms with Crippen molar-refractivity contribution in [3.05, 3.63) is 29.3 Å². The van der Waals surface area contributed by atoms with Crippen molar-refractivity contribution in [3.8, 4) is 5.75 Å². The van der Waals surface area contributed by atoms with Crippen LogP contribution in [0.25, 0.3) is 0 Å². The average Bonchev–Trinajstić information content (AvgIpc) is 2.15. The van der Waals surface area contributed by atoms with Gasteiger partial charge in [0.25, 0.3) is 0 Å². The fraction of sp³-hybridized carbons (Fsp3) is 0.462. The Morgan fingerprint density at radius 3 is 2.81 bits per heavy atom. The number of rotatable bonds is 1. The molecule has 0 radical (unpaired) electrons. The maximum absolute atomic E-state index is 11.2. The Morgan fingerprint density at radius 1 is 1.50 bits per heavy atom. The van der Waals surface area contributed by atoms with Gasteiger partial charge in [-0.3, -0.25) is 4.79 Å². The zero-order valence-corrected chi connectivity index (χ0v) is 9.78. The molecule has 0 aromatic heterocycles. The second-order valence-corrected chi connectivity index (χ2v) is 4.89. The van der Waals surface area contributed by atoms with Gasteiger partial charge in [0.1, 0.15) is 11.4 Å². The molecule has 0 aliphatic carbocycles. The van der Waals surface area contributed by atoms with Crippen molar-refractivity contribution in [3.63, 3.8) is 0 Å². The van der Waals surface area contributed by atoms with Gasteiger partial charge in [-0.05, 0) is 39.0 Å². The predicted molar refractivity (Wildman–Crippen MR) is 60.7 cm³/mol. The SMILES string of the molecule is CC(=O)c1ccc2c(c1)[C@@H](O)CC(C)(C)O2. The van der Waals surface area contributed by atoms with Crippen molar-refractivity contribution in [2.24, 2.45) is 0 Å². The molecule has 0 fully saturated rings. The van der Waals surface area contributed by atoms with Gasteiger partial charge in [-0.15, -0.1) is 0 Å². The first kappa shape index (κ1) is 11.1. The van der Waals surface area contributed by atoms with Gasteiger partial charge in [0.05, 0.1) is 6.10 Å². The van der Waals surface area contributed by atoms with Gasteiger partial charge in [0.15, 0.2) is 5.78 Å². The maximum Gasteiger partial charge on any atom is 0.159 e. The number of aliphatic hydroxyl groups is 1. The molecule has 0 saturated carbocycles. The van der Waals surface area contributed by atoms with Crippen molar-refractivity contribution in [1.29, 1.82) is 0 Å². The molecule has 1 atom stereocenters. The van der Waals surface area contributed by atoms with Gasteiger partial charge in [-0.2, -0.15) is 0 Å². The summed E-state index contributed by atoms with van der Waals surface area (Å²) in [6, 6.07) is 5.21. The van der Waals surface area contributed by atoms with Crippen LogP contribution in [0.2, 0.25) is 0 Å².